The lowest BCUT2D eigenvalue weighted by Gasteiger charge is -2.23. The highest BCUT2D eigenvalue weighted by atomic mass is 16.6. The highest BCUT2D eigenvalue weighted by Crippen LogP contribution is 2.24. The molecule has 1 aromatic rings. The van der Waals surface area contributed by atoms with E-state index in [4.69, 9.17) is 0 Å². The number of ketones is 1. The molecule has 2 N–H and O–H groups in total. The summed E-state index contributed by atoms with van der Waals surface area (Å²) in [5.41, 5.74) is 0.260. The summed E-state index contributed by atoms with van der Waals surface area (Å²) in [5, 5.41) is 17.4. The van der Waals surface area contributed by atoms with E-state index < -0.39 is 4.92 Å². The van der Waals surface area contributed by atoms with Crippen LogP contribution in [0.25, 0.3) is 0 Å². The summed E-state index contributed by atoms with van der Waals surface area (Å²) < 4.78 is 0. The van der Waals surface area contributed by atoms with Gasteiger partial charge in [0.2, 0.25) is 0 Å². The number of nitro groups is 1. The molecule has 1 saturated carbocycles. The summed E-state index contributed by atoms with van der Waals surface area (Å²) in [7, 11) is 0. The molecule has 3 rings (SSSR count). The lowest BCUT2D eigenvalue weighted by molar-refractivity contribution is -0.384. The maximum Gasteiger partial charge on any atom is 0.270 e. The summed E-state index contributed by atoms with van der Waals surface area (Å²) in [6.45, 7) is 0. The zero-order valence-corrected chi connectivity index (χ0v) is 11.5. The van der Waals surface area contributed by atoms with E-state index in [1.54, 1.807) is 6.07 Å². The molecule has 1 saturated heterocycles. The van der Waals surface area contributed by atoms with Crippen molar-refractivity contribution in [3.63, 3.8) is 0 Å². The Morgan fingerprint density at radius 1 is 1.24 bits per heavy atom. The van der Waals surface area contributed by atoms with Crippen molar-refractivity contribution in [3.8, 4) is 0 Å². The molecule has 6 nitrogen and oxygen atoms in total. The van der Waals surface area contributed by atoms with E-state index in [2.05, 4.69) is 10.6 Å². The molecule has 110 valence electrons. The number of nitro benzene ring substituents is 1. The SMILES string of the molecule is O=C(C=C1N[C@H]2CCCC[C@H]2N1)c1cccc([N+](=O)[O-])c1. The van der Waals surface area contributed by atoms with Gasteiger partial charge in [-0.3, -0.25) is 14.9 Å². The van der Waals surface area contributed by atoms with E-state index in [9.17, 15) is 14.9 Å². The zero-order valence-electron chi connectivity index (χ0n) is 11.5. The lowest BCUT2D eigenvalue weighted by atomic mass is 9.92. The quantitative estimate of drug-likeness (QED) is 0.385. The number of carbonyl (C=O) groups is 1. The average molecular weight is 287 g/mol. The molecule has 1 aliphatic heterocycles. The Labute approximate surface area is 122 Å². The van der Waals surface area contributed by atoms with Crippen molar-refractivity contribution in [2.24, 2.45) is 0 Å². The van der Waals surface area contributed by atoms with E-state index in [1.165, 1.54) is 37.1 Å². The van der Waals surface area contributed by atoms with Crippen molar-refractivity contribution in [1.82, 2.24) is 10.6 Å². The van der Waals surface area contributed by atoms with Crippen LogP contribution >= 0.6 is 0 Å². The van der Waals surface area contributed by atoms with Gasteiger partial charge in [-0.25, -0.2) is 0 Å². The van der Waals surface area contributed by atoms with Gasteiger partial charge in [-0.15, -0.1) is 0 Å². The topological polar surface area (TPSA) is 84.3 Å². The fourth-order valence-corrected chi connectivity index (χ4v) is 2.99. The number of non-ortho nitro benzene ring substituents is 1. The lowest BCUT2D eigenvalue weighted by Crippen LogP contribution is -2.36. The van der Waals surface area contributed by atoms with Crippen LogP contribution in [0, 0.1) is 10.1 Å². The molecule has 0 radical (unpaired) electrons. The van der Waals surface area contributed by atoms with Crippen molar-refractivity contribution in [2.45, 2.75) is 37.8 Å². The molecule has 6 heteroatoms. The van der Waals surface area contributed by atoms with Gasteiger partial charge in [0, 0.05) is 35.9 Å². The first kappa shape index (κ1) is 13.6. The number of benzene rings is 1. The third-order valence-electron chi connectivity index (χ3n) is 4.06. The van der Waals surface area contributed by atoms with Gasteiger partial charge in [0.05, 0.1) is 4.92 Å². The Hall–Kier alpha value is -2.37. The van der Waals surface area contributed by atoms with Gasteiger partial charge in [0.25, 0.3) is 5.69 Å². The number of fused-ring (bicyclic) bond motifs is 1. The molecule has 0 unspecified atom stereocenters. The first-order chi connectivity index (χ1) is 10.1. The molecule has 2 aliphatic rings. The van der Waals surface area contributed by atoms with Crippen LogP contribution in [0.5, 0.6) is 0 Å². The second-order valence-electron chi connectivity index (χ2n) is 5.52. The molecule has 2 fully saturated rings. The maximum absolute atomic E-state index is 12.2. The predicted octanol–water partition coefficient (Wildman–Crippen LogP) is 2.12. The van der Waals surface area contributed by atoms with Crippen molar-refractivity contribution in [3.05, 3.63) is 51.8 Å². The molecule has 21 heavy (non-hydrogen) atoms. The first-order valence-corrected chi connectivity index (χ1v) is 7.17. The van der Waals surface area contributed by atoms with Gasteiger partial charge < -0.3 is 10.6 Å². The number of hydrogen-bond acceptors (Lipinski definition) is 5. The smallest absolute Gasteiger partial charge is 0.270 e. The van der Waals surface area contributed by atoms with E-state index in [0.717, 1.165) is 18.7 Å². The van der Waals surface area contributed by atoms with Crippen LogP contribution in [0.4, 0.5) is 5.69 Å². The fraction of sp³-hybridized carbons (Fsp3) is 0.400. The second-order valence-corrected chi connectivity index (χ2v) is 5.52. The third-order valence-corrected chi connectivity index (χ3v) is 4.06. The second kappa shape index (κ2) is 5.55. The Kier molecular flexibility index (Phi) is 3.60. The Balaban J connectivity index is 1.75. The van der Waals surface area contributed by atoms with Crippen molar-refractivity contribution in [2.75, 3.05) is 0 Å². The molecule has 1 aliphatic carbocycles. The van der Waals surface area contributed by atoms with E-state index in [1.807, 2.05) is 0 Å². The van der Waals surface area contributed by atoms with Crippen LogP contribution in [0.15, 0.2) is 36.2 Å². The van der Waals surface area contributed by atoms with E-state index in [-0.39, 0.29) is 11.5 Å². The van der Waals surface area contributed by atoms with Crippen molar-refractivity contribution >= 4 is 11.5 Å². The highest BCUT2D eigenvalue weighted by Gasteiger charge is 2.31. The minimum Gasteiger partial charge on any atom is -0.367 e. The van der Waals surface area contributed by atoms with Crippen molar-refractivity contribution in [1.29, 1.82) is 0 Å². The van der Waals surface area contributed by atoms with Gasteiger partial charge in [-0.05, 0) is 12.8 Å². The standard InChI is InChI=1S/C15H17N3O3/c19-14(10-4-3-5-11(8-10)18(20)21)9-15-16-12-6-1-2-7-13(12)17-15/h3-5,8-9,12-13,16-17H,1-2,6-7H2/t12-,13+. The highest BCUT2D eigenvalue weighted by molar-refractivity contribution is 6.05. The van der Waals surface area contributed by atoms with Crippen LogP contribution in [-0.2, 0) is 0 Å². The van der Waals surface area contributed by atoms with Gasteiger partial charge in [0.15, 0.2) is 5.78 Å². The van der Waals surface area contributed by atoms with Crippen LogP contribution in [0.2, 0.25) is 0 Å². The summed E-state index contributed by atoms with van der Waals surface area (Å²) in [5.74, 6) is 0.496. The minimum atomic E-state index is -0.495. The van der Waals surface area contributed by atoms with Crippen molar-refractivity contribution < 1.29 is 9.72 Å². The molecule has 2 atom stereocenters. The number of hydrogen-bond donors (Lipinski definition) is 2. The average Bonchev–Trinajstić information content (AvgIpc) is 2.89. The van der Waals surface area contributed by atoms with Crippen LogP contribution < -0.4 is 10.6 Å². The molecule has 0 aromatic heterocycles. The van der Waals surface area contributed by atoms with Crippen LogP contribution in [0.1, 0.15) is 36.0 Å². The fourth-order valence-electron chi connectivity index (χ4n) is 2.99. The Morgan fingerprint density at radius 2 is 1.90 bits per heavy atom. The summed E-state index contributed by atoms with van der Waals surface area (Å²) in [6, 6.07) is 6.59. The summed E-state index contributed by atoms with van der Waals surface area (Å²) in [4.78, 5) is 22.5. The molecular formula is C15H17N3O3. The number of rotatable bonds is 3. The number of nitrogens with zero attached hydrogens (tertiary/aromatic N) is 1. The number of allylic oxidation sites excluding steroid dienone is 1. The normalized spacial score (nSPS) is 25.8. The van der Waals surface area contributed by atoms with E-state index in [0.29, 0.717) is 17.6 Å². The van der Waals surface area contributed by atoms with E-state index >= 15 is 0 Å². The molecule has 1 aromatic carbocycles. The summed E-state index contributed by atoms with van der Waals surface area (Å²) >= 11 is 0. The van der Waals surface area contributed by atoms with Crippen LogP contribution in [-0.4, -0.2) is 22.8 Å². The Morgan fingerprint density at radius 3 is 2.52 bits per heavy atom. The number of nitrogens with one attached hydrogen (secondary N) is 2. The molecule has 1 heterocycles. The van der Waals surface area contributed by atoms with Gasteiger partial charge in [-0.1, -0.05) is 25.0 Å². The first-order valence-electron chi connectivity index (χ1n) is 7.17. The number of carbonyl (C=O) groups excluding carboxylic acids is 1. The zero-order chi connectivity index (χ0) is 14.8. The van der Waals surface area contributed by atoms with Gasteiger partial charge >= 0.3 is 0 Å². The largest absolute Gasteiger partial charge is 0.367 e. The third kappa shape index (κ3) is 2.89. The Bertz CT molecular complexity index is 596. The van der Waals surface area contributed by atoms with Gasteiger partial charge in [0.1, 0.15) is 5.82 Å². The molecule has 0 amide bonds. The van der Waals surface area contributed by atoms with Gasteiger partial charge in [-0.2, -0.15) is 0 Å². The summed E-state index contributed by atoms with van der Waals surface area (Å²) in [6.07, 6.45) is 6.14. The molecule has 0 bridgehead atoms. The minimum absolute atomic E-state index is 0.0692. The van der Waals surface area contributed by atoms with Crippen LogP contribution in [0.3, 0.4) is 0 Å². The predicted molar refractivity (Wildman–Crippen MR) is 77.8 cm³/mol. The molecular weight excluding hydrogens is 270 g/mol. The molecule has 0 spiro atoms. The monoisotopic (exact) mass is 287 g/mol. The maximum atomic E-state index is 12.2.